The zero-order valence-electron chi connectivity index (χ0n) is 10.7. The van der Waals surface area contributed by atoms with Crippen molar-refractivity contribution in [2.24, 2.45) is 0 Å². The molecule has 1 fully saturated rings. The molecule has 0 radical (unpaired) electrons. The van der Waals surface area contributed by atoms with Crippen LogP contribution in [0.15, 0.2) is 0 Å². The number of likely N-dealkylation sites (tertiary alicyclic amines) is 1. The van der Waals surface area contributed by atoms with Crippen molar-refractivity contribution in [3.63, 3.8) is 0 Å². The highest BCUT2D eigenvalue weighted by molar-refractivity contribution is 8.00. The van der Waals surface area contributed by atoms with Crippen LogP contribution in [0, 0.1) is 11.3 Å². The highest BCUT2D eigenvalue weighted by atomic mass is 32.2. The lowest BCUT2D eigenvalue weighted by Gasteiger charge is -2.36. The fourth-order valence-corrected chi connectivity index (χ4v) is 2.79. The minimum absolute atomic E-state index is 0.0992. The fourth-order valence-electron chi connectivity index (χ4n) is 2.11. The number of hydrogen-bond donors (Lipinski definition) is 0. The maximum absolute atomic E-state index is 9.18. The Morgan fingerprint density at radius 3 is 2.44 bits per heavy atom. The zero-order valence-corrected chi connectivity index (χ0v) is 11.5. The summed E-state index contributed by atoms with van der Waals surface area (Å²) in [5, 5.41) is 9.18. The van der Waals surface area contributed by atoms with Crippen molar-refractivity contribution in [3.05, 3.63) is 0 Å². The predicted molar refractivity (Wildman–Crippen MR) is 70.7 cm³/mol. The third-order valence-electron chi connectivity index (χ3n) is 3.34. The molecule has 0 spiro atoms. The molecule has 1 aliphatic rings. The van der Waals surface area contributed by atoms with Gasteiger partial charge in [0.2, 0.25) is 0 Å². The van der Waals surface area contributed by atoms with E-state index < -0.39 is 0 Å². The third-order valence-corrected chi connectivity index (χ3v) is 4.62. The maximum Gasteiger partial charge on any atom is 0.104 e. The largest absolute Gasteiger partial charge is 0.309 e. The molecule has 0 aromatic rings. The highest BCUT2D eigenvalue weighted by Crippen LogP contribution is 2.33. The first kappa shape index (κ1) is 13.8. The highest BCUT2D eigenvalue weighted by Gasteiger charge is 2.33. The first-order valence-corrected chi connectivity index (χ1v) is 7.18. The standard InChI is InChI=1S/C12H23N3S/c1-14(2)7-4-8-15-9-5-12(11-13,16-3)6-10-15/h4-10H2,1-3H3. The van der Waals surface area contributed by atoms with Gasteiger partial charge in [-0.05, 0) is 52.7 Å². The van der Waals surface area contributed by atoms with Crippen LogP contribution in [0.5, 0.6) is 0 Å². The fraction of sp³-hybridized carbons (Fsp3) is 0.917. The lowest BCUT2D eigenvalue weighted by Crippen LogP contribution is -2.42. The van der Waals surface area contributed by atoms with Gasteiger partial charge in [0, 0.05) is 13.1 Å². The number of rotatable bonds is 5. The number of thioether (sulfide) groups is 1. The Balaban J connectivity index is 2.24. The quantitative estimate of drug-likeness (QED) is 0.732. The molecule has 0 saturated carbocycles. The zero-order chi connectivity index (χ0) is 12.0. The molecule has 0 N–H and O–H groups in total. The van der Waals surface area contributed by atoms with Gasteiger partial charge in [0.1, 0.15) is 4.75 Å². The molecule has 0 aromatic carbocycles. The Labute approximate surface area is 104 Å². The van der Waals surface area contributed by atoms with Crippen LogP contribution in [-0.4, -0.2) is 61.1 Å². The van der Waals surface area contributed by atoms with Crippen molar-refractivity contribution in [2.75, 3.05) is 46.5 Å². The van der Waals surface area contributed by atoms with Crippen molar-refractivity contribution in [1.82, 2.24) is 9.80 Å². The summed E-state index contributed by atoms with van der Waals surface area (Å²) in [6, 6.07) is 2.49. The first-order valence-electron chi connectivity index (χ1n) is 5.95. The van der Waals surface area contributed by atoms with Gasteiger partial charge in [-0.1, -0.05) is 0 Å². The Hall–Kier alpha value is -0.240. The number of hydrogen-bond acceptors (Lipinski definition) is 4. The molecular weight excluding hydrogens is 218 g/mol. The summed E-state index contributed by atoms with van der Waals surface area (Å²) in [6.07, 6.45) is 5.33. The normalized spacial score (nSPS) is 20.9. The van der Waals surface area contributed by atoms with Crippen LogP contribution in [0.25, 0.3) is 0 Å². The predicted octanol–water partition coefficient (Wildman–Crippen LogP) is 1.66. The molecule has 1 rings (SSSR count). The summed E-state index contributed by atoms with van der Waals surface area (Å²) in [6.45, 7) is 4.50. The first-order chi connectivity index (χ1) is 7.62. The molecule has 92 valence electrons. The second-order valence-electron chi connectivity index (χ2n) is 4.81. The van der Waals surface area contributed by atoms with Gasteiger partial charge >= 0.3 is 0 Å². The topological polar surface area (TPSA) is 30.3 Å². The summed E-state index contributed by atoms with van der Waals surface area (Å²) in [5.41, 5.74) is 0. The lowest BCUT2D eigenvalue weighted by atomic mass is 9.97. The molecule has 0 amide bonds. The molecule has 0 bridgehead atoms. The van der Waals surface area contributed by atoms with E-state index in [0.717, 1.165) is 32.5 Å². The van der Waals surface area contributed by atoms with Gasteiger partial charge in [-0.25, -0.2) is 0 Å². The van der Waals surface area contributed by atoms with E-state index >= 15 is 0 Å². The minimum atomic E-state index is -0.0992. The van der Waals surface area contributed by atoms with Crippen molar-refractivity contribution in [1.29, 1.82) is 5.26 Å². The van der Waals surface area contributed by atoms with Crippen LogP contribution in [0.4, 0.5) is 0 Å². The molecule has 0 atom stereocenters. The Bertz CT molecular complexity index is 239. The van der Waals surface area contributed by atoms with Crippen molar-refractivity contribution < 1.29 is 0 Å². The molecule has 1 aliphatic heterocycles. The lowest BCUT2D eigenvalue weighted by molar-refractivity contribution is 0.207. The van der Waals surface area contributed by atoms with E-state index in [2.05, 4.69) is 36.2 Å². The van der Waals surface area contributed by atoms with Crippen molar-refractivity contribution in [2.45, 2.75) is 24.0 Å². The summed E-state index contributed by atoms with van der Waals surface area (Å²) < 4.78 is -0.0992. The van der Waals surface area contributed by atoms with Gasteiger partial charge in [-0.15, -0.1) is 11.8 Å². The second-order valence-corrected chi connectivity index (χ2v) is 6.00. The molecule has 0 aliphatic carbocycles. The van der Waals surface area contributed by atoms with Crippen LogP contribution < -0.4 is 0 Å². The van der Waals surface area contributed by atoms with E-state index in [1.807, 2.05) is 0 Å². The second kappa shape index (κ2) is 6.48. The number of piperidine rings is 1. The van der Waals surface area contributed by atoms with E-state index in [9.17, 15) is 5.26 Å². The summed E-state index contributed by atoms with van der Waals surface area (Å²) >= 11 is 1.73. The van der Waals surface area contributed by atoms with E-state index in [1.165, 1.54) is 13.0 Å². The van der Waals surface area contributed by atoms with Gasteiger partial charge in [-0.2, -0.15) is 5.26 Å². The van der Waals surface area contributed by atoms with Gasteiger partial charge in [-0.3, -0.25) is 0 Å². The molecule has 1 heterocycles. The molecule has 4 heteroatoms. The summed E-state index contributed by atoms with van der Waals surface area (Å²) in [7, 11) is 4.23. The average Bonchev–Trinajstić information content (AvgIpc) is 2.30. The van der Waals surface area contributed by atoms with Gasteiger partial charge in [0.05, 0.1) is 6.07 Å². The van der Waals surface area contributed by atoms with E-state index in [-0.39, 0.29) is 4.75 Å². The molecule has 1 saturated heterocycles. The van der Waals surface area contributed by atoms with E-state index in [1.54, 1.807) is 11.8 Å². The smallest absolute Gasteiger partial charge is 0.104 e. The average molecular weight is 241 g/mol. The van der Waals surface area contributed by atoms with Gasteiger partial charge < -0.3 is 9.80 Å². The van der Waals surface area contributed by atoms with E-state index in [4.69, 9.17) is 0 Å². The monoisotopic (exact) mass is 241 g/mol. The van der Waals surface area contributed by atoms with E-state index in [0.29, 0.717) is 0 Å². The summed E-state index contributed by atoms with van der Waals surface area (Å²) in [4.78, 5) is 4.72. The Morgan fingerprint density at radius 2 is 2.00 bits per heavy atom. The van der Waals surface area contributed by atoms with Crippen LogP contribution >= 0.6 is 11.8 Å². The number of nitrogens with zero attached hydrogens (tertiary/aromatic N) is 3. The third kappa shape index (κ3) is 3.97. The van der Waals surface area contributed by atoms with Crippen LogP contribution in [-0.2, 0) is 0 Å². The molecule has 3 nitrogen and oxygen atoms in total. The van der Waals surface area contributed by atoms with Gasteiger partial charge in [0.15, 0.2) is 0 Å². The van der Waals surface area contributed by atoms with Crippen LogP contribution in [0.2, 0.25) is 0 Å². The Morgan fingerprint density at radius 1 is 1.38 bits per heavy atom. The SMILES string of the molecule is CSC1(C#N)CCN(CCCN(C)C)CC1. The summed E-state index contributed by atoms with van der Waals surface area (Å²) in [5.74, 6) is 0. The maximum atomic E-state index is 9.18. The van der Waals surface area contributed by atoms with Crippen molar-refractivity contribution in [3.8, 4) is 6.07 Å². The Kier molecular flexibility index (Phi) is 5.60. The van der Waals surface area contributed by atoms with Crippen LogP contribution in [0.3, 0.4) is 0 Å². The minimum Gasteiger partial charge on any atom is -0.309 e. The molecule has 16 heavy (non-hydrogen) atoms. The number of nitriles is 1. The molecule has 0 aromatic heterocycles. The van der Waals surface area contributed by atoms with Crippen LogP contribution in [0.1, 0.15) is 19.3 Å². The molecular formula is C12H23N3S. The molecule has 0 unspecified atom stereocenters. The van der Waals surface area contributed by atoms with Gasteiger partial charge in [0.25, 0.3) is 0 Å². The van der Waals surface area contributed by atoms with Crippen molar-refractivity contribution >= 4 is 11.8 Å².